The summed E-state index contributed by atoms with van der Waals surface area (Å²) in [7, 11) is 10.5. The number of halogens is 1. The fourth-order valence-electron chi connectivity index (χ4n) is 0.751. The van der Waals surface area contributed by atoms with Crippen molar-refractivity contribution in [2.45, 2.75) is 0 Å². The standard InChI is InChI=1S/C8H5B2Cl/c9-8(10)5-6-1-3-7(11)4-2-6/h1-5H. The third kappa shape index (κ3) is 2.85. The Labute approximate surface area is 74.1 Å². The minimum absolute atomic E-state index is 0.298. The van der Waals surface area contributed by atoms with Crippen molar-refractivity contribution >= 4 is 33.4 Å². The Bertz CT molecular complexity index is 260. The molecule has 0 spiro atoms. The molecule has 0 aromatic heterocycles. The maximum absolute atomic E-state index is 5.67. The molecule has 1 aromatic rings. The van der Waals surface area contributed by atoms with E-state index in [1.54, 1.807) is 18.2 Å². The molecule has 3 heteroatoms. The highest BCUT2D eigenvalue weighted by atomic mass is 35.5. The molecule has 0 bridgehead atoms. The molecule has 0 aliphatic heterocycles. The van der Waals surface area contributed by atoms with E-state index in [9.17, 15) is 0 Å². The quantitative estimate of drug-likeness (QED) is 0.548. The summed E-state index contributed by atoms with van der Waals surface area (Å²) < 4.78 is 0. The molecule has 0 saturated heterocycles. The first kappa shape index (κ1) is 8.48. The van der Waals surface area contributed by atoms with Gasteiger partial charge in [-0.25, -0.2) is 0 Å². The average Bonchev–Trinajstić information content (AvgIpc) is 1.93. The van der Waals surface area contributed by atoms with Crippen LogP contribution < -0.4 is 0 Å². The minimum Gasteiger partial charge on any atom is -0.160 e. The first-order chi connectivity index (χ1) is 5.18. The highest BCUT2D eigenvalue weighted by molar-refractivity contribution is 6.50. The van der Waals surface area contributed by atoms with E-state index >= 15 is 0 Å². The molecule has 50 valence electrons. The van der Waals surface area contributed by atoms with Crippen molar-refractivity contribution in [2.24, 2.45) is 0 Å². The van der Waals surface area contributed by atoms with Crippen LogP contribution in [-0.2, 0) is 0 Å². The SMILES string of the molecule is [B]C([B])=Cc1ccc(Cl)cc1. The summed E-state index contributed by atoms with van der Waals surface area (Å²) in [5.74, 6) is 0. The average molecular weight is 158 g/mol. The first-order valence-corrected chi connectivity index (χ1v) is 3.54. The fourth-order valence-corrected chi connectivity index (χ4v) is 0.877. The highest BCUT2D eigenvalue weighted by Crippen LogP contribution is 2.10. The summed E-state index contributed by atoms with van der Waals surface area (Å²) >= 11 is 5.67. The lowest BCUT2D eigenvalue weighted by molar-refractivity contribution is 1.66. The minimum atomic E-state index is 0.298. The molecule has 0 atom stereocenters. The Morgan fingerprint density at radius 1 is 1.18 bits per heavy atom. The first-order valence-electron chi connectivity index (χ1n) is 3.17. The summed E-state index contributed by atoms with van der Waals surface area (Å²) in [6.45, 7) is 0. The molecule has 0 aliphatic rings. The van der Waals surface area contributed by atoms with Gasteiger partial charge < -0.3 is 0 Å². The van der Waals surface area contributed by atoms with Crippen LogP contribution in [-0.4, -0.2) is 15.7 Å². The lowest BCUT2D eigenvalue weighted by Gasteiger charge is -1.94. The van der Waals surface area contributed by atoms with Crippen molar-refractivity contribution in [2.75, 3.05) is 0 Å². The zero-order chi connectivity index (χ0) is 8.27. The van der Waals surface area contributed by atoms with Gasteiger partial charge in [0.1, 0.15) is 0 Å². The molecule has 11 heavy (non-hydrogen) atoms. The van der Waals surface area contributed by atoms with Crippen LogP contribution in [0.5, 0.6) is 0 Å². The molecule has 0 heterocycles. The van der Waals surface area contributed by atoms with E-state index < -0.39 is 0 Å². The molecule has 0 unspecified atom stereocenters. The van der Waals surface area contributed by atoms with Crippen LogP contribution in [0.2, 0.25) is 5.02 Å². The van der Waals surface area contributed by atoms with Gasteiger partial charge in [-0.2, -0.15) is 5.37 Å². The highest BCUT2D eigenvalue weighted by Gasteiger charge is 1.87. The maximum atomic E-state index is 5.67. The van der Waals surface area contributed by atoms with Gasteiger partial charge in [-0.3, -0.25) is 0 Å². The molecule has 0 nitrogen and oxygen atoms in total. The fraction of sp³-hybridized carbons (Fsp3) is 0. The van der Waals surface area contributed by atoms with Crippen LogP contribution in [0.1, 0.15) is 5.56 Å². The van der Waals surface area contributed by atoms with Crippen molar-refractivity contribution in [1.29, 1.82) is 0 Å². The van der Waals surface area contributed by atoms with Crippen molar-refractivity contribution < 1.29 is 0 Å². The Morgan fingerprint density at radius 2 is 1.73 bits per heavy atom. The van der Waals surface area contributed by atoms with Gasteiger partial charge in [-0.1, -0.05) is 29.8 Å². The molecule has 4 radical (unpaired) electrons. The van der Waals surface area contributed by atoms with Gasteiger partial charge in [0.2, 0.25) is 0 Å². The molecule has 0 saturated carbocycles. The zero-order valence-corrected chi connectivity index (χ0v) is 6.68. The van der Waals surface area contributed by atoms with Crippen molar-refractivity contribution in [1.82, 2.24) is 0 Å². The van der Waals surface area contributed by atoms with E-state index in [1.165, 1.54) is 0 Å². The van der Waals surface area contributed by atoms with Gasteiger partial charge in [0, 0.05) is 5.02 Å². The molecule has 1 rings (SSSR count). The summed E-state index contributed by atoms with van der Waals surface area (Å²) in [4.78, 5) is 0. The van der Waals surface area contributed by atoms with Crippen LogP contribution in [0.3, 0.4) is 0 Å². The normalized spacial score (nSPS) is 9.18. The predicted molar refractivity (Wildman–Crippen MR) is 50.9 cm³/mol. The van der Waals surface area contributed by atoms with Crippen LogP contribution in [0, 0.1) is 0 Å². The smallest absolute Gasteiger partial charge is 0.0923 e. The topological polar surface area (TPSA) is 0 Å². The monoisotopic (exact) mass is 158 g/mol. The molecular formula is C8H5B2Cl. The van der Waals surface area contributed by atoms with Gasteiger partial charge >= 0.3 is 0 Å². The van der Waals surface area contributed by atoms with Gasteiger partial charge in [0.15, 0.2) is 0 Å². The summed E-state index contributed by atoms with van der Waals surface area (Å²) in [5, 5.41) is 1.00. The molecule has 1 aromatic carbocycles. The zero-order valence-electron chi connectivity index (χ0n) is 5.92. The molecule has 0 fully saturated rings. The lowest BCUT2D eigenvalue weighted by atomic mass is 9.77. The van der Waals surface area contributed by atoms with Crippen molar-refractivity contribution in [3.8, 4) is 0 Å². The van der Waals surface area contributed by atoms with Gasteiger partial charge in [0.25, 0.3) is 0 Å². The van der Waals surface area contributed by atoms with Crippen LogP contribution in [0.15, 0.2) is 29.6 Å². The van der Waals surface area contributed by atoms with Crippen molar-refractivity contribution in [3.63, 3.8) is 0 Å². The summed E-state index contributed by atoms with van der Waals surface area (Å²) in [6, 6.07) is 7.27. The number of rotatable bonds is 1. The number of hydrogen-bond donors (Lipinski definition) is 0. The molecule has 0 amide bonds. The third-order valence-corrected chi connectivity index (χ3v) is 1.46. The Balaban J connectivity index is 2.91. The van der Waals surface area contributed by atoms with Gasteiger partial charge in [0.05, 0.1) is 15.7 Å². The number of benzene rings is 1. The second kappa shape index (κ2) is 3.68. The lowest BCUT2D eigenvalue weighted by Crippen LogP contribution is -1.78. The van der Waals surface area contributed by atoms with Crippen LogP contribution >= 0.6 is 11.6 Å². The Morgan fingerprint density at radius 3 is 2.18 bits per heavy atom. The summed E-state index contributed by atoms with van der Waals surface area (Å²) in [5.41, 5.74) is 0.953. The Kier molecular flexibility index (Phi) is 2.84. The van der Waals surface area contributed by atoms with Gasteiger partial charge in [-0.05, 0) is 17.7 Å². The van der Waals surface area contributed by atoms with E-state index in [0.29, 0.717) is 10.4 Å². The van der Waals surface area contributed by atoms with E-state index in [-0.39, 0.29) is 0 Å². The summed E-state index contributed by atoms with van der Waals surface area (Å²) in [6.07, 6.45) is 1.68. The van der Waals surface area contributed by atoms with Crippen LogP contribution in [0.4, 0.5) is 0 Å². The van der Waals surface area contributed by atoms with Crippen LogP contribution in [0.25, 0.3) is 6.08 Å². The maximum Gasteiger partial charge on any atom is 0.0923 e. The number of hydrogen-bond acceptors (Lipinski definition) is 0. The largest absolute Gasteiger partial charge is 0.160 e. The van der Waals surface area contributed by atoms with Gasteiger partial charge in [-0.15, -0.1) is 0 Å². The van der Waals surface area contributed by atoms with E-state index in [1.807, 2.05) is 12.1 Å². The Hall–Kier alpha value is -0.620. The van der Waals surface area contributed by atoms with E-state index in [2.05, 4.69) is 0 Å². The van der Waals surface area contributed by atoms with E-state index in [4.69, 9.17) is 27.3 Å². The third-order valence-electron chi connectivity index (χ3n) is 1.20. The van der Waals surface area contributed by atoms with Crippen molar-refractivity contribution in [3.05, 3.63) is 40.2 Å². The molecule has 0 aliphatic carbocycles. The molecule has 0 N–H and O–H groups in total. The molecular weight excluding hydrogens is 153 g/mol. The predicted octanol–water partition coefficient (Wildman–Crippen LogP) is 1.98. The van der Waals surface area contributed by atoms with E-state index in [0.717, 1.165) is 5.56 Å². The second-order valence-electron chi connectivity index (χ2n) is 2.20. The second-order valence-corrected chi connectivity index (χ2v) is 2.63.